The van der Waals surface area contributed by atoms with Crippen molar-refractivity contribution >= 4 is 0 Å². The Bertz CT molecular complexity index is 68.7. The molecule has 0 saturated heterocycles. The molecule has 3 nitrogen and oxygen atoms in total. The maximum atomic E-state index is 9.12. The van der Waals surface area contributed by atoms with Gasteiger partial charge in [0.2, 0.25) is 0 Å². The Kier molecular flexibility index (Phi) is 3.77. The van der Waals surface area contributed by atoms with Crippen LogP contribution in [0.1, 0.15) is 13.3 Å². The summed E-state index contributed by atoms with van der Waals surface area (Å²) in [6, 6.07) is 0. The Hall–Kier alpha value is -0.120. The van der Waals surface area contributed by atoms with Crippen LogP contribution in [-0.2, 0) is 9.47 Å². The SMILES string of the molecule is [CH2]CC(O)(OC)OCC. The molecule has 1 N–H and O–H groups in total. The summed E-state index contributed by atoms with van der Waals surface area (Å²) in [6.45, 7) is 5.64. The Morgan fingerprint density at radius 1 is 1.67 bits per heavy atom. The van der Waals surface area contributed by atoms with Crippen molar-refractivity contribution in [3.63, 3.8) is 0 Å². The molecule has 0 aromatic heterocycles. The van der Waals surface area contributed by atoms with E-state index >= 15 is 0 Å². The molecule has 0 aliphatic heterocycles. The lowest BCUT2D eigenvalue weighted by molar-refractivity contribution is -0.346. The standard InChI is InChI=1S/C6H13O3/c1-4-6(7,8-3)9-5-2/h7H,1,4-5H2,2-3H3. The molecule has 1 atom stereocenters. The van der Waals surface area contributed by atoms with E-state index in [1.165, 1.54) is 7.11 Å². The largest absolute Gasteiger partial charge is 0.343 e. The summed E-state index contributed by atoms with van der Waals surface area (Å²) in [6.07, 6.45) is 0.192. The van der Waals surface area contributed by atoms with Gasteiger partial charge in [0.1, 0.15) is 0 Å². The second-order valence-corrected chi connectivity index (χ2v) is 1.60. The molecule has 1 radical (unpaired) electrons. The highest BCUT2D eigenvalue weighted by Gasteiger charge is 2.23. The quantitative estimate of drug-likeness (QED) is 0.569. The maximum Gasteiger partial charge on any atom is 0.280 e. The number of hydrogen-bond donors (Lipinski definition) is 1. The smallest absolute Gasteiger partial charge is 0.280 e. The van der Waals surface area contributed by atoms with Gasteiger partial charge in [0, 0.05) is 20.1 Å². The van der Waals surface area contributed by atoms with Crippen molar-refractivity contribution in [2.24, 2.45) is 0 Å². The fraction of sp³-hybridized carbons (Fsp3) is 0.833. The normalized spacial score (nSPS) is 17.3. The molecule has 0 spiro atoms. The lowest BCUT2D eigenvalue weighted by Gasteiger charge is -2.23. The highest BCUT2D eigenvalue weighted by atomic mass is 16.8. The zero-order valence-corrected chi connectivity index (χ0v) is 5.89. The second-order valence-electron chi connectivity index (χ2n) is 1.60. The summed E-state index contributed by atoms with van der Waals surface area (Å²) >= 11 is 0. The maximum absolute atomic E-state index is 9.12. The molecule has 0 rings (SSSR count). The van der Waals surface area contributed by atoms with Gasteiger partial charge < -0.3 is 14.6 Å². The van der Waals surface area contributed by atoms with Crippen LogP contribution >= 0.6 is 0 Å². The van der Waals surface area contributed by atoms with Crippen molar-refractivity contribution in [1.29, 1.82) is 0 Å². The van der Waals surface area contributed by atoms with E-state index in [2.05, 4.69) is 11.7 Å². The fourth-order valence-electron chi connectivity index (χ4n) is 0.459. The van der Waals surface area contributed by atoms with Gasteiger partial charge in [0.25, 0.3) is 5.97 Å². The Balaban J connectivity index is 3.62. The van der Waals surface area contributed by atoms with Crippen molar-refractivity contribution in [3.05, 3.63) is 6.92 Å². The molecule has 0 aliphatic carbocycles. The monoisotopic (exact) mass is 133 g/mol. The van der Waals surface area contributed by atoms with E-state index < -0.39 is 5.97 Å². The first-order chi connectivity index (χ1) is 4.18. The lowest BCUT2D eigenvalue weighted by Crippen LogP contribution is -2.33. The second kappa shape index (κ2) is 3.82. The molecule has 3 heteroatoms. The van der Waals surface area contributed by atoms with Gasteiger partial charge in [0.15, 0.2) is 0 Å². The van der Waals surface area contributed by atoms with Gasteiger partial charge in [-0.1, -0.05) is 0 Å². The molecule has 0 aromatic carbocycles. The summed E-state index contributed by atoms with van der Waals surface area (Å²) < 4.78 is 9.40. The van der Waals surface area contributed by atoms with Crippen molar-refractivity contribution in [2.75, 3.05) is 13.7 Å². The van der Waals surface area contributed by atoms with E-state index in [4.69, 9.17) is 9.84 Å². The van der Waals surface area contributed by atoms with Gasteiger partial charge in [-0.05, 0) is 13.8 Å². The minimum Gasteiger partial charge on any atom is -0.343 e. The number of aliphatic hydroxyl groups is 1. The highest BCUT2D eigenvalue weighted by Crippen LogP contribution is 2.10. The van der Waals surface area contributed by atoms with Gasteiger partial charge >= 0.3 is 0 Å². The van der Waals surface area contributed by atoms with Crippen LogP contribution in [0.4, 0.5) is 0 Å². The molecule has 0 fully saturated rings. The molecule has 0 heterocycles. The summed E-state index contributed by atoms with van der Waals surface area (Å²) in [5, 5.41) is 9.12. The van der Waals surface area contributed by atoms with E-state index in [1.54, 1.807) is 6.92 Å². The fourth-order valence-corrected chi connectivity index (χ4v) is 0.459. The highest BCUT2D eigenvalue weighted by molar-refractivity contribution is 4.53. The van der Waals surface area contributed by atoms with Crippen LogP contribution < -0.4 is 0 Å². The average Bonchev–Trinajstić information content (AvgIpc) is 1.89. The molecule has 0 aromatic rings. The van der Waals surface area contributed by atoms with E-state index in [0.717, 1.165) is 0 Å². The molecule has 0 amide bonds. The molecular formula is C6H13O3. The number of hydrogen-bond acceptors (Lipinski definition) is 3. The number of methoxy groups -OCH3 is 1. The molecule has 0 bridgehead atoms. The minimum atomic E-state index is -1.48. The summed E-state index contributed by atoms with van der Waals surface area (Å²) in [5.74, 6) is -1.48. The zero-order valence-electron chi connectivity index (χ0n) is 5.89. The van der Waals surface area contributed by atoms with E-state index in [-0.39, 0.29) is 6.42 Å². The van der Waals surface area contributed by atoms with Gasteiger partial charge in [-0.2, -0.15) is 0 Å². The third kappa shape index (κ3) is 2.79. The van der Waals surface area contributed by atoms with Gasteiger partial charge in [-0.25, -0.2) is 0 Å². The predicted molar refractivity (Wildman–Crippen MR) is 33.6 cm³/mol. The zero-order chi connectivity index (χ0) is 7.33. The van der Waals surface area contributed by atoms with Crippen LogP contribution in [0, 0.1) is 6.92 Å². The Labute approximate surface area is 55.6 Å². The van der Waals surface area contributed by atoms with E-state index in [9.17, 15) is 0 Å². The van der Waals surface area contributed by atoms with Crippen molar-refractivity contribution in [2.45, 2.75) is 19.3 Å². The van der Waals surface area contributed by atoms with Crippen LogP contribution in [0.25, 0.3) is 0 Å². The van der Waals surface area contributed by atoms with E-state index in [0.29, 0.717) is 6.61 Å². The van der Waals surface area contributed by atoms with E-state index in [1.807, 2.05) is 0 Å². The first kappa shape index (κ1) is 8.88. The van der Waals surface area contributed by atoms with Crippen molar-refractivity contribution in [1.82, 2.24) is 0 Å². The van der Waals surface area contributed by atoms with Crippen LogP contribution in [0.15, 0.2) is 0 Å². The molecule has 1 unspecified atom stereocenters. The first-order valence-electron chi connectivity index (χ1n) is 2.89. The Morgan fingerprint density at radius 3 is 2.33 bits per heavy atom. The predicted octanol–water partition coefficient (Wildman–Crippen LogP) is 0.540. The lowest BCUT2D eigenvalue weighted by atomic mass is 10.4. The van der Waals surface area contributed by atoms with Crippen LogP contribution in [-0.4, -0.2) is 24.8 Å². The summed E-state index contributed by atoms with van der Waals surface area (Å²) in [5.41, 5.74) is 0. The molecular weight excluding hydrogens is 120 g/mol. The number of rotatable bonds is 4. The third-order valence-electron chi connectivity index (χ3n) is 1.00. The minimum absolute atomic E-state index is 0.192. The van der Waals surface area contributed by atoms with Gasteiger partial charge in [0.05, 0.1) is 0 Å². The summed E-state index contributed by atoms with van der Waals surface area (Å²) in [4.78, 5) is 0. The van der Waals surface area contributed by atoms with Crippen LogP contribution in [0.5, 0.6) is 0 Å². The summed E-state index contributed by atoms with van der Waals surface area (Å²) in [7, 11) is 1.38. The topological polar surface area (TPSA) is 38.7 Å². The van der Waals surface area contributed by atoms with Crippen LogP contribution in [0.3, 0.4) is 0 Å². The van der Waals surface area contributed by atoms with Gasteiger partial charge in [-0.3, -0.25) is 0 Å². The molecule has 55 valence electrons. The van der Waals surface area contributed by atoms with Crippen LogP contribution in [0.2, 0.25) is 0 Å². The molecule has 0 saturated carbocycles. The van der Waals surface area contributed by atoms with Crippen molar-refractivity contribution < 1.29 is 14.6 Å². The van der Waals surface area contributed by atoms with Gasteiger partial charge in [-0.15, -0.1) is 0 Å². The number of ether oxygens (including phenoxy) is 2. The van der Waals surface area contributed by atoms with Crippen molar-refractivity contribution in [3.8, 4) is 0 Å². The Morgan fingerprint density at radius 2 is 2.22 bits per heavy atom. The average molecular weight is 133 g/mol. The first-order valence-corrected chi connectivity index (χ1v) is 2.89. The third-order valence-corrected chi connectivity index (χ3v) is 1.00. The molecule has 9 heavy (non-hydrogen) atoms. The molecule has 0 aliphatic rings.